The summed E-state index contributed by atoms with van der Waals surface area (Å²) in [6.45, 7) is 0. The predicted octanol–water partition coefficient (Wildman–Crippen LogP) is 2.22. The quantitative estimate of drug-likeness (QED) is 0.645. The third kappa shape index (κ3) is 3.67. The average Bonchev–Trinajstić information content (AvgIpc) is 2.61. The first kappa shape index (κ1) is 16.9. The Morgan fingerprint density at radius 1 is 1.08 bits per heavy atom. The highest BCUT2D eigenvalue weighted by molar-refractivity contribution is 6.09. The van der Waals surface area contributed by atoms with Crippen LogP contribution < -0.4 is 15.4 Å². The van der Waals surface area contributed by atoms with E-state index in [-0.39, 0.29) is 22.7 Å². The molecule has 0 heterocycles. The van der Waals surface area contributed by atoms with Gasteiger partial charge in [-0.05, 0) is 30.3 Å². The van der Waals surface area contributed by atoms with E-state index in [2.05, 4.69) is 10.6 Å². The lowest BCUT2D eigenvalue weighted by Crippen LogP contribution is -2.21. The van der Waals surface area contributed by atoms with E-state index in [0.717, 1.165) is 0 Å². The Morgan fingerprint density at radius 3 is 2.29 bits per heavy atom. The number of non-ortho nitro benzene ring substituents is 1. The highest BCUT2D eigenvalue weighted by Crippen LogP contribution is 2.23. The number of methoxy groups -OCH3 is 1. The Hall–Kier alpha value is -3.42. The van der Waals surface area contributed by atoms with Crippen molar-refractivity contribution in [1.29, 1.82) is 0 Å². The number of rotatable bonds is 5. The number of carbonyl (C=O) groups is 2. The molecule has 124 valence electrons. The Balaban J connectivity index is 2.27. The predicted molar refractivity (Wildman–Crippen MR) is 87.4 cm³/mol. The molecule has 0 aliphatic heterocycles. The Kier molecular flexibility index (Phi) is 5.10. The fourth-order valence-electron chi connectivity index (χ4n) is 2.01. The topological polar surface area (TPSA) is 111 Å². The van der Waals surface area contributed by atoms with E-state index in [1.54, 1.807) is 12.1 Å². The van der Waals surface area contributed by atoms with Gasteiger partial charge in [-0.15, -0.1) is 0 Å². The molecule has 0 atom stereocenters. The zero-order chi connectivity index (χ0) is 17.7. The number of anilines is 1. The molecule has 0 radical (unpaired) electrons. The molecule has 8 nitrogen and oxygen atoms in total. The Labute approximate surface area is 137 Å². The summed E-state index contributed by atoms with van der Waals surface area (Å²) < 4.78 is 5.07. The molecular weight excluding hydrogens is 314 g/mol. The molecule has 24 heavy (non-hydrogen) atoms. The van der Waals surface area contributed by atoms with Gasteiger partial charge < -0.3 is 15.4 Å². The van der Waals surface area contributed by atoms with Gasteiger partial charge >= 0.3 is 0 Å². The normalized spacial score (nSPS) is 9.92. The van der Waals surface area contributed by atoms with Gasteiger partial charge in [-0.3, -0.25) is 19.7 Å². The minimum atomic E-state index is -0.547. The minimum absolute atomic E-state index is 0.109. The first-order chi connectivity index (χ1) is 11.5. The van der Waals surface area contributed by atoms with Crippen molar-refractivity contribution in [2.45, 2.75) is 0 Å². The molecule has 0 saturated heterocycles. The zero-order valence-corrected chi connectivity index (χ0v) is 13.0. The number of nitro benzene ring substituents is 1. The monoisotopic (exact) mass is 329 g/mol. The van der Waals surface area contributed by atoms with Crippen LogP contribution in [0.15, 0.2) is 42.5 Å². The summed E-state index contributed by atoms with van der Waals surface area (Å²) in [5.41, 5.74) is 0.673. The first-order valence-electron chi connectivity index (χ1n) is 6.92. The fraction of sp³-hybridized carbons (Fsp3) is 0.125. The molecule has 0 unspecified atom stereocenters. The standard InChI is InChI=1S/C16H15N3O5/c1-17-16(21)13-9-12(24-2)7-8-14(13)18-15(20)10-3-5-11(6-4-10)19(22)23/h3-9H,1-2H3,(H,17,21)(H,18,20). The number of benzene rings is 2. The summed E-state index contributed by atoms with van der Waals surface area (Å²) in [6.07, 6.45) is 0. The van der Waals surface area contributed by atoms with Gasteiger partial charge in [-0.25, -0.2) is 0 Å². The molecule has 2 N–H and O–H groups in total. The molecule has 2 amide bonds. The van der Waals surface area contributed by atoms with E-state index in [0.29, 0.717) is 11.4 Å². The average molecular weight is 329 g/mol. The van der Waals surface area contributed by atoms with Crippen molar-refractivity contribution in [2.75, 3.05) is 19.5 Å². The second-order valence-electron chi connectivity index (χ2n) is 4.75. The SMILES string of the molecule is CNC(=O)c1cc(OC)ccc1NC(=O)c1ccc([N+](=O)[O-])cc1. The second-order valence-corrected chi connectivity index (χ2v) is 4.75. The van der Waals surface area contributed by atoms with Gasteiger partial charge in [0.05, 0.1) is 23.3 Å². The molecule has 0 aromatic heterocycles. The van der Waals surface area contributed by atoms with Crippen LogP contribution in [0.2, 0.25) is 0 Å². The number of amides is 2. The van der Waals surface area contributed by atoms with Crippen molar-refractivity contribution in [1.82, 2.24) is 5.32 Å². The van der Waals surface area contributed by atoms with E-state index in [9.17, 15) is 19.7 Å². The summed E-state index contributed by atoms with van der Waals surface area (Å²) in [7, 11) is 2.95. The highest BCUT2D eigenvalue weighted by atomic mass is 16.6. The summed E-state index contributed by atoms with van der Waals surface area (Å²) in [5.74, 6) is -0.393. The van der Waals surface area contributed by atoms with Crippen LogP contribution in [0.25, 0.3) is 0 Å². The molecule has 2 rings (SSSR count). The number of ether oxygens (including phenoxy) is 1. The maximum atomic E-state index is 12.3. The van der Waals surface area contributed by atoms with Crippen LogP contribution in [0.4, 0.5) is 11.4 Å². The lowest BCUT2D eigenvalue weighted by atomic mass is 10.1. The van der Waals surface area contributed by atoms with Crippen LogP contribution in [0.1, 0.15) is 20.7 Å². The maximum Gasteiger partial charge on any atom is 0.269 e. The zero-order valence-electron chi connectivity index (χ0n) is 13.0. The van der Waals surface area contributed by atoms with Crippen molar-refractivity contribution >= 4 is 23.2 Å². The van der Waals surface area contributed by atoms with Gasteiger partial charge in [-0.2, -0.15) is 0 Å². The van der Waals surface area contributed by atoms with Crippen LogP contribution in [0.5, 0.6) is 5.75 Å². The fourth-order valence-corrected chi connectivity index (χ4v) is 2.01. The van der Waals surface area contributed by atoms with Crippen molar-refractivity contribution in [3.8, 4) is 5.75 Å². The smallest absolute Gasteiger partial charge is 0.269 e. The Bertz CT molecular complexity index is 787. The number of nitro groups is 1. The van der Waals surface area contributed by atoms with Gasteiger partial charge in [0.1, 0.15) is 5.75 Å². The summed E-state index contributed by atoms with van der Waals surface area (Å²) in [4.78, 5) is 34.3. The molecular formula is C16H15N3O5. The number of hydrogen-bond acceptors (Lipinski definition) is 5. The summed E-state index contributed by atoms with van der Waals surface area (Å²) in [5, 5.41) is 15.7. The third-order valence-corrected chi connectivity index (χ3v) is 3.29. The largest absolute Gasteiger partial charge is 0.497 e. The van der Waals surface area contributed by atoms with Crippen molar-refractivity contribution in [3.63, 3.8) is 0 Å². The second kappa shape index (κ2) is 7.23. The van der Waals surface area contributed by atoms with E-state index in [4.69, 9.17) is 4.74 Å². The van der Waals surface area contributed by atoms with Gasteiger partial charge in [0.25, 0.3) is 17.5 Å². The van der Waals surface area contributed by atoms with Crippen molar-refractivity contribution in [3.05, 3.63) is 63.7 Å². The molecule has 8 heteroatoms. The van der Waals surface area contributed by atoms with E-state index in [1.165, 1.54) is 44.5 Å². The molecule has 2 aromatic rings. The number of carbonyl (C=O) groups excluding carboxylic acids is 2. The molecule has 2 aromatic carbocycles. The van der Waals surface area contributed by atoms with Gasteiger partial charge in [0.15, 0.2) is 0 Å². The maximum absolute atomic E-state index is 12.3. The number of hydrogen-bond donors (Lipinski definition) is 2. The van der Waals surface area contributed by atoms with Crippen LogP contribution >= 0.6 is 0 Å². The lowest BCUT2D eigenvalue weighted by molar-refractivity contribution is -0.384. The third-order valence-electron chi connectivity index (χ3n) is 3.29. The van der Waals surface area contributed by atoms with E-state index >= 15 is 0 Å². The lowest BCUT2D eigenvalue weighted by Gasteiger charge is -2.12. The van der Waals surface area contributed by atoms with Gasteiger partial charge in [0.2, 0.25) is 0 Å². The first-order valence-corrected chi connectivity index (χ1v) is 6.92. The van der Waals surface area contributed by atoms with Gasteiger partial charge in [0, 0.05) is 24.7 Å². The minimum Gasteiger partial charge on any atom is -0.497 e. The summed E-state index contributed by atoms with van der Waals surface area (Å²) in [6, 6.07) is 9.83. The molecule has 0 aliphatic carbocycles. The highest BCUT2D eigenvalue weighted by Gasteiger charge is 2.15. The van der Waals surface area contributed by atoms with Crippen LogP contribution in [-0.4, -0.2) is 30.9 Å². The van der Waals surface area contributed by atoms with Crippen molar-refractivity contribution < 1.29 is 19.2 Å². The summed E-state index contributed by atoms with van der Waals surface area (Å²) >= 11 is 0. The van der Waals surface area contributed by atoms with Gasteiger partial charge in [-0.1, -0.05) is 0 Å². The molecule has 0 aliphatic rings. The number of nitrogens with zero attached hydrogens (tertiary/aromatic N) is 1. The number of nitrogens with one attached hydrogen (secondary N) is 2. The van der Waals surface area contributed by atoms with Crippen LogP contribution in [0, 0.1) is 10.1 Å². The molecule has 0 spiro atoms. The molecule has 0 saturated carbocycles. The van der Waals surface area contributed by atoms with Crippen LogP contribution in [-0.2, 0) is 0 Å². The molecule has 0 bridgehead atoms. The Morgan fingerprint density at radius 2 is 1.75 bits per heavy atom. The van der Waals surface area contributed by atoms with Crippen LogP contribution in [0.3, 0.4) is 0 Å². The molecule has 0 fully saturated rings. The van der Waals surface area contributed by atoms with Crippen molar-refractivity contribution in [2.24, 2.45) is 0 Å². The van der Waals surface area contributed by atoms with E-state index < -0.39 is 10.8 Å². The van der Waals surface area contributed by atoms with E-state index in [1.807, 2.05) is 0 Å².